The van der Waals surface area contributed by atoms with Gasteiger partial charge in [-0.2, -0.15) is 0 Å². The van der Waals surface area contributed by atoms with E-state index in [9.17, 15) is 9.18 Å². The van der Waals surface area contributed by atoms with Gasteiger partial charge in [-0.05, 0) is 19.1 Å². The molecular formula is C11H13ClFNO. The number of nitrogens with one attached hydrogen (secondary N) is 1. The van der Waals surface area contributed by atoms with Crippen molar-refractivity contribution >= 4 is 23.2 Å². The minimum atomic E-state index is -0.327. The van der Waals surface area contributed by atoms with E-state index in [-0.39, 0.29) is 23.5 Å². The Morgan fingerprint density at radius 1 is 1.60 bits per heavy atom. The summed E-state index contributed by atoms with van der Waals surface area (Å²) in [6, 6.07) is 4.58. The molecule has 1 amide bonds. The number of amides is 1. The Bertz CT molecular complexity index is 368. The fourth-order valence-corrected chi connectivity index (χ4v) is 1.21. The summed E-state index contributed by atoms with van der Waals surface area (Å²) in [5.74, 6) is -0.556. The second-order valence-electron chi connectivity index (χ2n) is 3.46. The van der Waals surface area contributed by atoms with Crippen molar-refractivity contribution in [2.45, 2.75) is 13.8 Å². The number of carbonyl (C=O) groups excluding carboxylic acids is 1. The molecule has 0 spiro atoms. The standard InChI is InChI=1S/C11H13ClFNO/c1-7(6-12)11(15)14-10-5-3-4-9(13)8(10)2/h3-5,7H,6H2,1-2H3,(H,14,15). The summed E-state index contributed by atoms with van der Waals surface area (Å²) in [6.07, 6.45) is 0. The molecule has 0 saturated heterocycles. The maximum atomic E-state index is 13.1. The summed E-state index contributed by atoms with van der Waals surface area (Å²) >= 11 is 5.55. The van der Waals surface area contributed by atoms with Gasteiger partial charge in [0, 0.05) is 23.0 Å². The molecule has 0 heterocycles. The molecule has 1 unspecified atom stereocenters. The van der Waals surface area contributed by atoms with Crippen LogP contribution >= 0.6 is 11.6 Å². The molecule has 15 heavy (non-hydrogen) atoms. The van der Waals surface area contributed by atoms with Gasteiger partial charge in [-0.15, -0.1) is 11.6 Å². The largest absolute Gasteiger partial charge is 0.325 e. The van der Waals surface area contributed by atoms with Crippen LogP contribution in [0.15, 0.2) is 18.2 Å². The third-order valence-electron chi connectivity index (χ3n) is 2.20. The molecule has 4 heteroatoms. The van der Waals surface area contributed by atoms with Crippen molar-refractivity contribution < 1.29 is 9.18 Å². The molecule has 0 bridgehead atoms. The average Bonchev–Trinajstić information content (AvgIpc) is 2.23. The second-order valence-corrected chi connectivity index (χ2v) is 3.77. The number of anilines is 1. The summed E-state index contributed by atoms with van der Waals surface area (Å²) in [5, 5.41) is 2.64. The van der Waals surface area contributed by atoms with Crippen molar-refractivity contribution in [2.75, 3.05) is 11.2 Å². The van der Waals surface area contributed by atoms with Crippen LogP contribution in [0, 0.1) is 18.7 Å². The van der Waals surface area contributed by atoms with Crippen molar-refractivity contribution in [3.63, 3.8) is 0 Å². The van der Waals surface area contributed by atoms with Crippen LogP contribution in [0.4, 0.5) is 10.1 Å². The molecule has 1 aromatic rings. The number of hydrogen-bond acceptors (Lipinski definition) is 1. The minimum Gasteiger partial charge on any atom is -0.325 e. The monoisotopic (exact) mass is 229 g/mol. The Hall–Kier alpha value is -1.09. The lowest BCUT2D eigenvalue weighted by atomic mass is 10.1. The van der Waals surface area contributed by atoms with Crippen molar-refractivity contribution in [1.82, 2.24) is 0 Å². The van der Waals surface area contributed by atoms with E-state index >= 15 is 0 Å². The normalized spacial score (nSPS) is 12.3. The van der Waals surface area contributed by atoms with Gasteiger partial charge in [-0.25, -0.2) is 4.39 Å². The summed E-state index contributed by atoms with van der Waals surface area (Å²) in [7, 11) is 0. The average molecular weight is 230 g/mol. The van der Waals surface area contributed by atoms with Crippen LogP contribution in [0.25, 0.3) is 0 Å². The van der Waals surface area contributed by atoms with Crippen LogP contribution in [0.3, 0.4) is 0 Å². The lowest BCUT2D eigenvalue weighted by Crippen LogP contribution is -2.22. The zero-order valence-corrected chi connectivity index (χ0v) is 9.44. The van der Waals surface area contributed by atoms with Gasteiger partial charge in [-0.1, -0.05) is 13.0 Å². The van der Waals surface area contributed by atoms with Crippen molar-refractivity contribution in [1.29, 1.82) is 0 Å². The number of alkyl halides is 1. The fourth-order valence-electron chi connectivity index (χ4n) is 1.07. The molecule has 2 nitrogen and oxygen atoms in total. The summed E-state index contributed by atoms with van der Waals surface area (Å²) in [5.41, 5.74) is 0.935. The molecule has 0 radical (unpaired) electrons. The number of hydrogen-bond donors (Lipinski definition) is 1. The van der Waals surface area contributed by atoms with E-state index in [1.165, 1.54) is 6.07 Å². The molecular weight excluding hydrogens is 217 g/mol. The van der Waals surface area contributed by atoms with E-state index in [1.807, 2.05) is 0 Å². The molecule has 0 aliphatic rings. The first-order valence-electron chi connectivity index (χ1n) is 4.68. The maximum Gasteiger partial charge on any atom is 0.228 e. The van der Waals surface area contributed by atoms with Gasteiger partial charge in [0.1, 0.15) is 5.82 Å². The molecule has 82 valence electrons. The molecule has 0 saturated carbocycles. The third-order valence-corrected chi connectivity index (χ3v) is 2.67. The van der Waals surface area contributed by atoms with E-state index in [4.69, 9.17) is 11.6 Å². The van der Waals surface area contributed by atoms with Gasteiger partial charge in [0.25, 0.3) is 0 Å². The van der Waals surface area contributed by atoms with Gasteiger partial charge in [-0.3, -0.25) is 4.79 Å². The molecule has 1 aromatic carbocycles. The number of benzene rings is 1. The molecule has 0 fully saturated rings. The van der Waals surface area contributed by atoms with Crippen LogP contribution in [0.5, 0.6) is 0 Å². The van der Waals surface area contributed by atoms with Crippen molar-refractivity contribution in [2.24, 2.45) is 5.92 Å². The highest BCUT2D eigenvalue weighted by Gasteiger charge is 2.13. The Morgan fingerprint density at radius 2 is 2.27 bits per heavy atom. The molecule has 1 atom stereocenters. The Labute approximate surface area is 93.4 Å². The zero-order chi connectivity index (χ0) is 11.4. The Morgan fingerprint density at radius 3 is 2.87 bits per heavy atom. The minimum absolute atomic E-state index is 0.196. The fraction of sp³-hybridized carbons (Fsp3) is 0.364. The van der Waals surface area contributed by atoms with Gasteiger partial charge >= 0.3 is 0 Å². The first-order valence-corrected chi connectivity index (χ1v) is 5.21. The highest BCUT2D eigenvalue weighted by atomic mass is 35.5. The van der Waals surface area contributed by atoms with Crippen molar-refractivity contribution in [3.8, 4) is 0 Å². The highest BCUT2D eigenvalue weighted by Crippen LogP contribution is 2.18. The smallest absolute Gasteiger partial charge is 0.228 e. The second kappa shape index (κ2) is 5.12. The van der Waals surface area contributed by atoms with Crippen molar-refractivity contribution in [3.05, 3.63) is 29.6 Å². The topological polar surface area (TPSA) is 29.1 Å². The molecule has 0 aliphatic carbocycles. The number of carbonyl (C=O) groups is 1. The zero-order valence-electron chi connectivity index (χ0n) is 8.68. The molecule has 1 N–H and O–H groups in total. The van der Waals surface area contributed by atoms with E-state index in [2.05, 4.69) is 5.32 Å². The highest BCUT2D eigenvalue weighted by molar-refractivity contribution is 6.19. The lowest BCUT2D eigenvalue weighted by molar-refractivity contribution is -0.118. The van der Waals surface area contributed by atoms with E-state index in [0.29, 0.717) is 11.3 Å². The number of rotatable bonds is 3. The van der Waals surface area contributed by atoms with E-state index < -0.39 is 0 Å². The van der Waals surface area contributed by atoms with Crippen LogP contribution in [-0.4, -0.2) is 11.8 Å². The Kier molecular flexibility index (Phi) is 4.09. The first kappa shape index (κ1) is 12.0. The molecule has 0 aliphatic heterocycles. The van der Waals surface area contributed by atoms with E-state index in [0.717, 1.165) is 0 Å². The number of halogens is 2. The summed E-state index contributed by atoms with van der Waals surface area (Å²) < 4.78 is 13.1. The summed E-state index contributed by atoms with van der Waals surface area (Å²) in [6.45, 7) is 3.34. The Balaban J connectivity index is 2.81. The van der Waals surface area contributed by atoms with Crippen LogP contribution in [0.2, 0.25) is 0 Å². The van der Waals surface area contributed by atoms with Gasteiger partial charge < -0.3 is 5.32 Å². The predicted octanol–water partition coefficient (Wildman–Crippen LogP) is 2.95. The predicted molar refractivity (Wildman–Crippen MR) is 59.7 cm³/mol. The first-order chi connectivity index (χ1) is 7.06. The van der Waals surface area contributed by atoms with Crippen LogP contribution in [0.1, 0.15) is 12.5 Å². The third kappa shape index (κ3) is 2.93. The lowest BCUT2D eigenvalue weighted by Gasteiger charge is -2.11. The van der Waals surface area contributed by atoms with Crippen LogP contribution in [-0.2, 0) is 4.79 Å². The molecule has 0 aromatic heterocycles. The van der Waals surface area contributed by atoms with Gasteiger partial charge in [0.05, 0.1) is 0 Å². The maximum absolute atomic E-state index is 13.1. The van der Waals surface area contributed by atoms with Gasteiger partial charge in [0.2, 0.25) is 5.91 Å². The summed E-state index contributed by atoms with van der Waals surface area (Å²) in [4.78, 5) is 11.5. The SMILES string of the molecule is Cc1c(F)cccc1NC(=O)C(C)CCl. The van der Waals surface area contributed by atoms with Gasteiger partial charge in [0.15, 0.2) is 0 Å². The molecule has 1 rings (SSSR count). The van der Waals surface area contributed by atoms with Crippen LogP contribution < -0.4 is 5.32 Å². The quantitative estimate of drug-likeness (QED) is 0.794. The van der Waals surface area contributed by atoms with E-state index in [1.54, 1.807) is 26.0 Å².